The summed E-state index contributed by atoms with van der Waals surface area (Å²) < 4.78 is 0. The number of hydrogen-bond acceptors (Lipinski definition) is 3. The van der Waals surface area contributed by atoms with Crippen LogP contribution in [0.2, 0.25) is 0 Å². The van der Waals surface area contributed by atoms with Crippen molar-refractivity contribution < 1.29 is 0 Å². The lowest BCUT2D eigenvalue weighted by Gasteiger charge is -2.24. The Kier molecular flexibility index (Phi) is 69.9. The first-order valence-corrected chi connectivity index (χ1v) is 36.4. The lowest BCUT2D eigenvalue weighted by atomic mass is 10.0. The van der Waals surface area contributed by atoms with Crippen molar-refractivity contribution in [2.75, 3.05) is 52.4 Å². The lowest BCUT2D eigenvalue weighted by molar-refractivity contribution is 0.244. The fourth-order valence-electron chi connectivity index (χ4n) is 12.1. The van der Waals surface area contributed by atoms with Gasteiger partial charge in [0.05, 0.1) is 0 Å². The maximum atomic E-state index is 3.98. The van der Waals surface area contributed by atoms with Gasteiger partial charge in [-0.25, -0.2) is 0 Å². The Labute approximate surface area is 478 Å². The minimum atomic E-state index is 1.17. The van der Waals surface area contributed by atoms with Crippen molar-refractivity contribution in [3.8, 4) is 0 Å². The van der Waals surface area contributed by atoms with E-state index in [0.717, 1.165) is 0 Å². The molecule has 452 valence electrons. The lowest BCUT2D eigenvalue weighted by Crippen LogP contribution is -2.38. The summed E-state index contributed by atoms with van der Waals surface area (Å²) in [4.78, 5) is 5.72. The fraction of sp³-hybridized carbons (Fsp3) is 1.00. The summed E-state index contributed by atoms with van der Waals surface area (Å²) >= 11 is 0. The zero-order chi connectivity index (χ0) is 53.9. The van der Waals surface area contributed by atoms with E-state index in [1.165, 1.54) is 438 Å². The van der Waals surface area contributed by atoms with Crippen LogP contribution in [0.4, 0.5) is 0 Å². The summed E-state index contributed by atoms with van der Waals surface area (Å²) in [6, 6.07) is 0. The summed E-state index contributed by atoms with van der Waals surface area (Å²) in [5, 5.41) is 3.98. The van der Waals surface area contributed by atoms with Crippen molar-refractivity contribution in [1.29, 1.82) is 0 Å². The predicted octanol–water partition coefficient (Wildman–Crippen LogP) is 24.7. The van der Waals surface area contributed by atoms with E-state index in [1.807, 2.05) is 0 Å². The molecule has 75 heavy (non-hydrogen) atoms. The van der Waals surface area contributed by atoms with Crippen molar-refractivity contribution in [3.05, 3.63) is 0 Å². The molecule has 0 amide bonds. The zero-order valence-electron chi connectivity index (χ0n) is 53.5. The molecule has 0 fully saturated rings. The third-order valence-corrected chi connectivity index (χ3v) is 17.5. The predicted molar refractivity (Wildman–Crippen MR) is 345 cm³/mol. The van der Waals surface area contributed by atoms with Crippen molar-refractivity contribution in [1.82, 2.24) is 15.1 Å². The second-order valence-corrected chi connectivity index (χ2v) is 25.2. The van der Waals surface area contributed by atoms with Crippen LogP contribution < -0.4 is 5.32 Å². The van der Waals surface area contributed by atoms with Gasteiger partial charge in [-0.3, -0.25) is 0 Å². The highest BCUT2D eigenvalue weighted by molar-refractivity contribution is 4.66. The maximum Gasteiger partial charge on any atom is 0.0107 e. The minimum Gasteiger partial charge on any atom is -0.314 e. The van der Waals surface area contributed by atoms with Crippen molar-refractivity contribution >= 4 is 0 Å². The normalized spacial score (nSPS) is 11.9. The second-order valence-electron chi connectivity index (χ2n) is 25.2. The molecule has 0 aromatic carbocycles. The van der Waals surface area contributed by atoms with Crippen LogP contribution in [0.25, 0.3) is 0 Å². The molecule has 0 atom stereocenters. The fourth-order valence-corrected chi connectivity index (χ4v) is 12.1. The van der Waals surface area contributed by atoms with E-state index in [4.69, 9.17) is 0 Å². The summed E-state index contributed by atoms with van der Waals surface area (Å²) in [6.45, 7) is 19.4. The van der Waals surface area contributed by atoms with Crippen LogP contribution in [-0.2, 0) is 0 Å². The smallest absolute Gasteiger partial charge is 0.0107 e. The van der Waals surface area contributed by atoms with Crippen molar-refractivity contribution in [2.45, 2.75) is 413 Å². The van der Waals surface area contributed by atoms with E-state index in [-0.39, 0.29) is 0 Å². The number of nitrogens with one attached hydrogen (secondary N) is 1. The molecule has 3 nitrogen and oxygen atoms in total. The van der Waals surface area contributed by atoms with E-state index in [1.54, 1.807) is 0 Å². The molecule has 1 N–H and O–H groups in total. The Morgan fingerprint density at radius 3 is 0.400 bits per heavy atom. The Morgan fingerprint density at radius 2 is 0.267 bits per heavy atom. The number of rotatable bonds is 70. The van der Waals surface area contributed by atoms with Gasteiger partial charge >= 0.3 is 0 Å². The first kappa shape index (κ1) is 74.9. The third-order valence-electron chi connectivity index (χ3n) is 17.5. The SMILES string of the molecule is CCCCCCCCCCCCCCCCCCN(CCCCCCCCCCCCCCCC)CCNCCN(CCCCCCCCCCCCCCCC)CCCCCCCCCCCCCCCCCC. The number of hydrogen-bond donors (Lipinski definition) is 1. The van der Waals surface area contributed by atoms with Gasteiger partial charge < -0.3 is 15.1 Å². The Bertz CT molecular complexity index is 878. The summed E-state index contributed by atoms with van der Waals surface area (Å²) in [5.74, 6) is 0. The van der Waals surface area contributed by atoms with Gasteiger partial charge in [0.1, 0.15) is 0 Å². The van der Waals surface area contributed by atoms with Crippen LogP contribution in [0, 0.1) is 0 Å². The molecule has 0 aromatic heterocycles. The van der Waals surface area contributed by atoms with E-state index in [9.17, 15) is 0 Å². The van der Waals surface area contributed by atoms with Crippen LogP contribution >= 0.6 is 0 Å². The largest absolute Gasteiger partial charge is 0.314 e. The van der Waals surface area contributed by atoms with E-state index < -0.39 is 0 Å². The molecule has 0 aliphatic rings. The first-order chi connectivity index (χ1) is 37.3. The maximum absolute atomic E-state index is 3.98. The average molecular weight is 1060 g/mol. The minimum absolute atomic E-state index is 1.17. The number of nitrogens with zero attached hydrogens (tertiary/aromatic N) is 2. The monoisotopic (exact) mass is 1060 g/mol. The molecular weight excluding hydrogens is 907 g/mol. The van der Waals surface area contributed by atoms with Gasteiger partial charge in [-0.1, -0.05) is 387 Å². The van der Waals surface area contributed by atoms with Gasteiger partial charge in [0.15, 0.2) is 0 Å². The van der Waals surface area contributed by atoms with Crippen molar-refractivity contribution in [2.24, 2.45) is 0 Å². The van der Waals surface area contributed by atoms with Crippen LogP contribution in [-0.4, -0.2) is 62.2 Å². The summed E-state index contributed by atoms with van der Waals surface area (Å²) in [5.41, 5.74) is 0. The summed E-state index contributed by atoms with van der Waals surface area (Å²) in [7, 11) is 0. The molecule has 0 aliphatic carbocycles. The van der Waals surface area contributed by atoms with Gasteiger partial charge in [0.25, 0.3) is 0 Å². The third kappa shape index (κ3) is 66.3. The highest BCUT2D eigenvalue weighted by Crippen LogP contribution is 2.18. The Hall–Kier alpha value is -0.120. The molecule has 0 heterocycles. The second kappa shape index (κ2) is 70.0. The molecule has 0 aliphatic heterocycles. The molecule has 0 rings (SSSR count). The van der Waals surface area contributed by atoms with Crippen LogP contribution in [0.5, 0.6) is 0 Å². The van der Waals surface area contributed by atoms with Crippen LogP contribution in [0.1, 0.15) is 413 Å². The topological polar surface area (TPSA) is 18.5 Å². The van der Waals surface area contributed by atoms with E-state index in [2.05, 4.69) is 42.8 Å². The molecular formula is C72H149N3. The zero-order valence-corrected chi connectivity index (χ0v) is 53.5. The Balaban J connectivity index is 4.68. The standard InChI is InChI=1S/C72H149N3/c1-5-9-13-17-21-25-29-33-37-39-43-47-51-55-59-63-69-74(67-61-57-53-49-45-41-35-31-27-23-19-15-11-7-3)71-65-73-66-72-75(68-62-58-54-50-46-42-36-32-28-24-20-16-12-8-4)70-64-60-56-52-48-44-40-38-34-30-26-22-18-14-10-6-2/h73H,5-72H2,1-4H3. The molecule has 0 spiro atoms. The van der Waals surface area contributed by atoms with E-state index in [0.29, 0.717) is 0 Å². The van der Waals surface area contributed by atoms with Crippen LogP contribution in [0.3, 0.4) is 0 Å². The highest BCUT2D eigenvalue weighted by Gasteiger charge is 2.08. The average Bonchev–Trinajstić information content (AvgIpc) is 3.42. The molecule has 0 bridgehead atoms. The van der Waals surface area contributed by atoms with Gasteiger partial charge in [0, 0.05) is 26.2 Å². The quantitative estimate of drug-likeness (QED) is 0.0613. The van der Waals surface area contributed by atoms with Crippen molar-refractivity contribution in [3.63, 3.8) is 0 Å². The molecule has 0 saturated carbocycles. The number of unbranched alkanes of at least 4 members (excludes halogenated alkanes) is 56. The molecule has 0 aromatic rings. The summed E-state index contributed by atoms with van der Waals surface area (Å²) in [6.07, 6.45) is 87.4. The van der Waals surface area contributed by atoms with Gasteiger partial charge in [-0.15, -0.1) is 0 Å². The molecule has 3 heteroatoms. The highest BCUT2D eigenvalue weighted by atomic mass is 15.2. The molecule has 0 unspecified atom stereocenters. The first-order valence-electron chi connectivity index (χ1n) is 36.4. The van der Waals surface area contributed by atoms with E-state index >= 15 is 0 Å². The van der Waals surface area contributed by atoms with Gasteiger partial charge in [-0.2, -0.15) is 0 Å². The molecule has 0 saturated heterocycles. The van der Waals surface area contributed by atoms with Gasteiger partial charge in [0.2, 0.25) is 0 Å². The van der Waals surface area contributed by atoms with Gasteiger partial charge in [-0.05, 0) is 51.9 Å². The van der Waals surface area contributed by atoms with Crippen LogP contribution in [0.15, 0.2) is 0 Å². The molecule has 0 radical (unpaired) electrons. The Morgan fingerprint density at radius 1 is 0.147 bits per heavy atom.